The average molecular weight is 441 g/mol. The van der Waals surface area contributed by atoms with E-state index in [0.29, 0.717) is 11.1 Å². The maximum Gasteiger partial charge on any atom is 0.416 e. The van der Waals surface area contributed by atoms with E-state index >= 15 is 0 Å². The second-order valence-electron chi connectivity index (χ2n) is 8.10. The molecule has 8 heteroatoms. The van der Waals surface area contributed by atoms with E-state index < -0.39 is 11.7 Å². The molecular weight excluding hydrogens is 419 g/mol. The highest BCUT2D eigenvalue weighted by molar-refractivity contribution is 5.66. The van der Waals surface area contributed by atoms with Crippen LogP contribution in [0.3, 0.4) is 0 Å². The first-order valence-corrected chi connectivity index (χ1v) is 10.6. The summed E-state index contributed by atoms with van der Waals surface area (Å²) in [5.41, 5.74) is 2.42. The first-order valence-electron chi connectivity index (χ1n) is 10.6. The minimum atomic E-state index is -4.39. The van der Waals surface area contributed by atoms with Gasteiger partial charge in [0.2, 0.25) is 6.79 Å². The number of fused-ring (bicyclic) bond motifs is 1. The summed E-state index contributed by atoms with van der Waals surface area (Å²) in [7, 11) is 0. The van der Waals surface area contributed by atoms with Gasteiger partial charge in [-0.25, -0.2) is 9.97 Å². The van der Waals surface area contributed by atoms with Crippen molar-refractivity contribution in [3.8, 4) is 22.6 Å². The van der Waals surface area contributed by atoms with E-state index in [1.165, 1.54) is 18.5 Å². The number of ether oxygens (including phenoxy) is 2. The highest BCUT2D eigenvalue weighted by Gasteiger charge is 2.31. The maximum atomic E-state index is 13.2. The highest BCUT2D eigenvalue weighted by atomic mass is 19.4. The molecule has 2 aliphatic heterocycles. The molecule has 0 atom stereocenters. The summed E-state index contributed by atoms with van der Waals surface area (Å²) in [5.74, 6) is 1.77. The zero-order valence-corrected chi connectivity index (χ0v) is 17.3. The number of hydrogen-bond donors (Lipinski definition) is 0. The third-order valence-corrected chi connectivity index (χ3v) is 6.09. The Morgan fingerprint density at radius 2 is 1.84 bits per heavy atom. The Hall–Kier alpha value is -3.13. The van der Waals surface area contributed by atoms with Gasteiger partial charge < -0.3 is 9.47 Å². The van der Waals surface area contributed by atoms with Crippen molar-refractivity contribution in [2.24, 2.45) is 0 Å². The first kappa shape index (κ1) is 20.8. The van der Waals surface area contributed by atoms with Crippen molar-refractivity contribution in [2.45, 2.75) is 31.5 Å². The second-order valence-corrected chi connectivity index (χ2v) is 8.10. The molecule has 0 amide bonds. The van der Waals surface area contributed by atoms with E-state index in [0.717, 1.165) is 61.3 Å². The molecule has 1 aromatic heterocycles. The molecule has 166 valence electrons. The van der Waals surface area contributed by atoms with E-state index in [9.17, 15) is 13.2 Å². The molecule has 32 heavy (non-hydrogen) atoms. The SMILES string of the molecule is FC(F)(F)c1cccc(-c2cncnc2C2CCN(Cc3cccc4c3OCO4)CC2)c1. The number of alkyl halides is 3. The van der Waals surface area contributed by atoms with Gasteiger partial charge in [0, 0.05) is 29.8 Å². The van der Waals surface area contributed by atoms with E-state index in [1.54, 1.807) is 12.3 Å². The van der Waals surface area contributed by atoms with E-state index in [2.05, 4.69) is 20.9 Å². The number of hydrogen-bond acceptors (Lipinski definition) is 5. The minimum Gasteiger partial charge on any atom is -0.454 e. The largest absolute Gasteiger partial charge is 0.454 e. The van der Waals surface area contributed by atoms with E-state index in [4.69, 9.17) is 9.47 Å². The molecule has 0 spiro atoms. The van der Waals surface area contributed by atoms with Crippen molar-refractivity contribution in [3.63, 3.8) is 0 Å². The Bertz CT molecular complexity index is 1110. The fourth-order valence-electron chi connectivity index (χ4n) is 4.47. The van der Waals surface area contributed by atoms with Crippen LogP contribution in [0.25, 0.3) is 11.1 Å². The van der Waals surface area contributed by atoms with E-state index in [1.807, 2.05) is 12.1 Å². The molecule has 5 nitrogen and oxygen atoms in total. The Morgan fingerprint density at radius 1 is 1.03 bits per heavy atom. The lowest BCUT2D eigenvalue weighted by Crippen LogP contribution is -2.33. The van der Waals surface area contributed by atoms with Crippen molar-refractivity contribution in [3.05, 3.63) is 71.8 Å². The summed E-state index contributed by atoms with van der Waals surface area (Å²) in [4.78, 5) is 10.9. The zero-order chi connectivity index (χ0) is 22.1. The highest BCUT2D eigenvalue weighted by Crippen LogP contribution is 2.39. The van der Waals surface area contributed by atoms with Crippen LogP contribution in [0.4, 0.5) is 13.2 Å². The van der Waals surface area contributed by atoms with Gasteiger partial charge in [-0.15, -0.1) is 0 Å². The lowest BCUT2D eigenvalue weighted by atomic mass is 9.88. The summed E-state index contributed by atoms with van der Waals surface area (Å²) in [5, 5.41) is 0. The Balaban J connectivity index is 1.32. The fourth-order valence-corrected chi connectivity index (χ4v) is 4.47. The van der Waals surface area contributed by atoms with E-state index in [-0.39, 0.29) is 12.7 Å². The van der Waals surface area contributed by atoms with Gasteiger partial charge in [-0.05, 0) is 49.7 Å². The van der Waals surface area contributed by atoms with Crippen LogP contribution in [0, 0.1) is 0 Å². The van der Waals surface area contributed by atoms with Crippen LogP contribution in [0.15, 0.2) is 55.0 Å². The van der Waals surface area contributed by atoms with Gasteiger partial charge in [-0.1, -0.05) is 24.3 Å². The van der Waals surface area contributed by atoms with Crippen molar-refractivity contribution in [2.75, 3.05) is 19.9 Å². The van der Waals surface area contributed by atoms with Gasteiger partial charge in [0.25, 0.3) is 0 Å². The molecule has 0 saturated carbocycles. The van der Waals surface area contributed by atoms with Crippen molar-refractivity contribution in [1.29, 1.82) is 0 Å². The Morgan fingerprint density at radius 3 is 2.66 bits per heavy atom. The van der Waals surface area contributed by atoms with Crippen LogP contribution >= 0.6 is 0 Å². The van der Waals surface area contributed by atoms with Gasteiger partial charge >= 0.3 is 6.18 Å². The summed E-state index contributed by atoms with van der Waals surface area (Å²) >= 11 is 0. The number of piperidine rings is 1. The lowest BCUT2D eigenvalue weighted by Gasteiger charge is -2.32. The van der Waals surface area contributed by atoms with Crippen LogP contribution < -0.4 is 9.47 Å². The molecule has 3 heterocycles. The van der Waals surface area contributed by atoms with Gasteiger partial charge in [0.1, 0.15) is 6.33 Å². The molecule has 0 radical (unpaired) electrons. The summed E-state index contributed by atoms with van der Waals surface area (Å²) in [6, 6.07) is 11.3. The van der Waals surface area contributed by atoms with Crippen LogP contribution in [-0.2, 0) is 12.7 Å². The predicted octanol–water partition coefficient (Wildman–Crippen LogP) is 5.27. The molecular formula is C24H22F3N3O2. The monoisotopic (exact) mass is 441 g/mol. The first-order chi connectivity index (χ1) is 15.5. The zero-order valence-electron chi connectivity index (χ0n) is 17.3. The second kappa shape index (κ2) is 8.43. The molecule has 3 aromatic rings. The molecule has 0 aliphatic carbocycles. The minimum absolute atomic E-state index is 0.167. The lowest BCUT2D eigenvalue weighted by molar-refractivity contribution is -0.137. The third-order valence-electron chi connectivity index (χ3n) is 6.09. The average Bonchev–Trinajstić information content (AvgIpc) is 3.29. The van der Waals surface area contributed by atoms with Crippen LogP contribution in [0.5, 0.6) is 11.5 Å². The van der Waals surface area contributed by atoms with Gasteiger partial charge in [0.15, 0.2) is 11.5 Å². The van der Waals surface area contributed by atoms with Gasteiger partial charge in [-0.2, -0.15) is 13.2 Å². The summed E-state index contributed by atoms with van der Waals surface area (Å²) in [6.07, 6.45) is 0.451. The number of halogens is 3. The van der Waals surface area contributed by atoms with Gasteiger partial charge in [-0.3, -0.25) is 4.90 Å². The van der Waals surface area contributed by atoms with Crippen LogP contribution in [-0.4, -0.2) is 34.8 Å². The smallest absolute Gasteiger partial charge is 0.416 e. The number of nitrogens with zero attached hydrogens (tertiary/aromatic N) is 3. The predicted molar refractivity (Wildman–Crippen MR) is 112 cm³/mol. The topological polar surface area (TPSA) is 47.5 Å². The van der Waals surface area contributed by atoms with Crippen LogP contribution in [0.2, 0.25) is 0 Å². The van der Waals surface area contributed by atoms with Gasteiger partial charge in [0.05, 0.1) is 11.3 Å². The number of likely N-dealkylation sites (tertiary alicyclic amines) is 1. The van der Waals surface area contributed by atoms with Crippen LogP contribution in [0.1, 0.15) is 35.6 Å². The molecule has 1 saturated heterocycles. The normalized spacial score (nSPS) is 17.0. The molecule has 0 N–H and O–H groups in total. The molecule has 0 unspecified atom stereocenters. The third kappa shape index (κ3) is 4.14. The number of para-hydroxylation sites is 1. The summed E-state index contributed by atoms with van der Waals surface area (Å²) < 4.78 is 50.6. The number of benzene rings is 2. The summed E-state index contributed by atoms with van der Waals surface area (Å²) in [6.45, 7) is 2.74. The number of rotatable bonds is 4. The molecule has 0 bridgehead atoms. The standard InChI is InChI=1S/C24H22F3N3O2/c25-24(26,27)19-5-1-3-17(11-19)20-12-28-14-29-22(20)16-7-9-30(10-8-16)13-18-4-2-6-21-23(18)32-15-31-21/h1-6,11-12,14,16H,7-10,13,15H2. The fraction of sp³-hybridized carbons (Fsp3) is 0.333. The molecule has 2 aliphatic rings. The Kier molecular flexibility index (Phi) is 5.46. The molecule has 2 aromatic carbocycles. The van der Waals surface area contributed by atoms with Crippen molar-refractivity contribution < 1.29 is 22.6 Å². The Labute approximate surface area is 183 Å². The quantitative estimate of drug-likeness (QED) is 0.552. The van der Waals surface area contributed by atoms with Crippen molar-refractivity contribution in [1.82, 2.24) is 14.9 Å². The maximum absolute atomic E-state index is 13.2. The molecule has 1 fully saturated rings. The number of aromatic nitrogens is 2. The molecule has 5 rings (SSSR count). The van der Waals surface area contributed by atoms with Crippen molar-refractivity contribution >= 4 is 0 Å².